The maximum atomic E-state index is 12.9. The molecule has 0 bridgehead atoms. The molecule has 33 heavy (non-hydrogen) atoms. The average molecular weight is 483 g/mol. The van der Waals surface area contributed by atoms with Gasteiger partial charge in [-0.25, -0.2) is 8.42 Å². The first kappa shape index (κ1) is 23.2. The van der Waals surface area contributed by atoms with Gasteiger partial charge in [-0.3, -0.25) is 9.10 Å². The Morgan fingerprint density at radius 3 is 2.48 bits per heavy atom. The van der Waals surface area contributed by atoms with Gasteiger partial charge in [-0.05, 0) is 61.4 Å². The molecule has 4 rings (SSSR count). The van der Waals surface area contributed by atoms with Crippen molar-refractivity contribution in [3.8, 4) is 5.75 Å². The summed E-state index contributed by atoms with van der Waals surface area (Å²) < 4.78 is 32.6. The second-order valence-electron chi connectivity index (χ2n) is 7.86. The van der Waals surface area contributed by atoms with Gasteiger partial charge in [-0.2, -0.15) is 0 Å². The lowest BCUT2D eigenvalue weighted by atomic mass is 10.0. The Morgan fingerprint density at radius 1 is 1.06 bits per heavy atom. The maximum absolute atomic E-state index is 12.9. The molecule has 172 valence electrons. The minimum atomic E-state index is -3.66. The van der Waals surface area contributed by atoms with Crippen LogP contribution in [0.15, 0.2) is 82.6 Å². The molecule has 1 aliphatic rings. The number of thioether (sulfide) groups is 1. The lowest BCUT2D eigenvalue weighted by Gasteiger charge is -2.25. The van der Waals surface area contributed by atoms with Gasteiger partial charge < -0.3 is 10.1 Å². The number of fused-ring (bicyclic) bond motifs is 1. The van der Waals surface area contributed by atoms with E-state index >= 15 is 0 Å². The number of carbonyl (C=O) groups is 1. The molecule has 0 unspecified atom stereocenters. The van der Waals surface area contributed by atoms with Crippen LogP contribution in [0.3, 0.4) is 0 Å². The fraction of sp³-hybridized carbons (Fsp3) is 0.240. The fourth-order valence-corrected chi connectivity index (χ4v) is 5.96. The van der Waals surface area contributed by atoms with E-state index in [-0.39, 0.29) is 23.5 Å². The van der Waals surface area contributed by atoms with Gasteiger partial charge in [0.2, 0.25) is 0 Å². The Bertz CT molecular complexity index is 1230. The number of nitrogens with one attached hydrogen (secondary N) is 1. The number of ether oxygens (including phenoxy) is 1. The molecule has 8 heteroatoms. The number of sulfonamides is 1. The SMILES string of the molecule is Cc1ccc(S(=O)(=O)N(C)c2ccc(OCC(=O)N[C@@H]3CCSc4ccccc43)cc2)cc1. The number of benzene rings is 3. The molecule has 3 aromatic rings. The summed E-state index contributed by atoms with van der Waals surface area (Å²) in [5.41, 5.74) is 2.64. The third kappa shape index (κ3) is 5.34. The number of rotatable bonds is 7. The summed E-state index contributed by atoms with van der Waals surface area (Å²) in [6.45, 7) is 1.80. The molecular formula is C25H26N2O4S2. The quantitative estimate of drug-likeness (QED) is 0.535. The molecule has 3 aromatic carbocycles. The third-order valence-electron chi connectivity index (χ3n) is 5.54. The van der Waals surface area contributed by atoms with Crippen molar-refractivity contribution < 1.29 is 17.9 Å². The molecule has 0 aromatic heterocycles. The predicted octanol–water partition coefficient (Wildman–Crippen LogP) is 4.55. The van der Waals surface area contributed by atoms with Crippen molar-refractivity contribution in [2.75, 3.05) is 23.7 Å². The van der Waals surface area contributed by atoms with Crippen LogP contribution in [-0.4, -0.2) is 33.7 Å². The topological polar surface area (TPSA) is 75.7 Å². The van der Waals surface area contributed by atoms with Crippen LogP contribution in [0.2, 0.25) is 0 Å². The van der Waals surface area contributed by atoms with Crippen molar-refractivity contribution in [1.29, 1.82) is 0 Å². The van der Waals surface area contributed by atoms with E-state index in [0.29, 0.717) is 11.4 Å². The van der Waals surface area contributed by atoms with Crippen molar-refractivity contribution in [2.45, 2.75) is 29.2 Å². The van der Waals surface area contributed by atoms with Crippen molar-refractivity contribution in [1.82, 2.24) is 5.32 Å². The van der Waals surface area contributed by atoms with Crippen LogP contribution in [0.25, 0.3) is 0 Å². The first-order chi connectivity index (χ1) is 15.8. The van der Waals surface area contributed by atoms with Gasteiger partial charge in [0.15, 0.2) is 6.61 Å². The molecule has 0 saturated carbocycles. The zero-order valence-electron chi connectivity index (χ0n) is 18.5. The van der Waals surface area contributed by atoms with Crippen molar-refractivity contribution in [2.24, 2.45) is 0 Å². The Morgan fingerprint density at radius 2 is 1.76 bits per heavy atom. The molecule has 1 heterocycles. The highest BCUT2D eigenvalue weighted by Crippen LogP contribution is 2.35. The Labute approximate surface area is 199 Å². The van der Waals surface area contributed by atoms with Gasteiger partial charge in [0.25, 0.3) is 15.9 Å². The molecule has 1 N–H and O–H groups in total. The largest absolute Gasteiger partial charge is 0.484 e. The van der Waals surface area contributed by atoms with E-state index in [2.05, 4.69) is 11.4 Å². The summed E-state index contributed by atoms with van der Waals surface area (Å²) in [5, 5.41) is 3.05. The number of nitrogens with zero attached hydrogens (tertiary/aromatic N) is 1. The van der Waals surface area contributed by atoms with E-state index < -0.39 is 10.0 Å². The number of amides is 1. The Balaban J connectivity index is 1.35. The van der Waals surface area contributed by atoms with Gasteiger partial charge in [-0.15, -0.1) is 11.8 Å². The normalized spacial score (nSPS) is 15.4. The predicted molar refractivity (Wildman–Crippen MR) is 131 cm³/mol. The highest BCUT2D eigenvalue weighted by atomic mass is 32.2. The molecule has 0 radical (unpaired) electrons. The van der Waals surface area contributed by atoms with Crippen LogP contribution < -0.4 is 14.4 Å². The molecule has 0 saturated heterocycles. The minimum Gasteiger partial charge on any atom is -0.484 e. The lowest BCUT2D eigenvalue weighted by molar-refractivity contribution is -0.123. The number of aryl methyl sites for hydroxylation is 1. The molecule has 0 spiro atoms. The number of hydrogen-bond acceptors (Lipinski definition) is 5. The second-order valence-corrected chi connectivity index (χ2v) is 11.0. The smallest absolute Gasteiger partial charge is 0.264 e. The summed E-state index contributed by atoms with van der Waals surface area (Å²) in [5.74, 6) is 1.27. The highest BCUT2D eigenvalue weighted by molar-refractivity contribution is 7.99. The summed E-state index contributed by atoms with van der Waals surface area (Å²) in [6, 6.07) is 21.5. The molecule has 0 fully saturated rings. The second kappa shape index (κ2) is 9.89. The molecule has 0 aliphatic carbocycles. The maximum Gasteiger partial charge on any atom is 0.264 e. The number of anilines is 1. The number of hydrogen-bond donors (Lipinski definition) is 1. The lowest BCUT2D eigenvalue weighted by Crippen LogP contribution is -2.34. The van der Waals surface area contributed by atoms with Crippen molar-refractivity contribution >= 4 is 33.4 Å². The zero-order chi connectivity index (χ0) is 23.4. The molecule has 1 aliphatic heterocycles. The monoisotopic (exact) mass is 482 g/mol. The minimum absolute atomic E-state index is 0.0124. The van der Waals surface area contributed by atoms with Crippen molar-refractivity contribution in [3.05, 3.63) is 83.9 Å². The van der Waals surface area contributed by atoms with E-state index in [1.54, 1.807) is 60.3 Å². The van der Waals surface area contributed by atoms with Gasteiger partial charge in [0.05, 0.1) is 16.6 Å². The van der Waals surface area contributed by atoms with E-state index in [9.17, 15) is 13.2 Å². The average Bonchev–Trinajstić information content (AvgIpc) is 2.83. The highest BCUT2D eigenvalue weighted by Gasteiger charge is 2.23. The first-order valence-electron chi connectivity index (χ1n) is 10.6. The standard InChI is InChI=1S/C25H26N2O4S2/c1-18-7-13-21(14-8-18)33(29,30)27(2)19-9-11-20(12-10-19)31-17-25(28)26-23-15-16-32-24-6-4-3-5-22(23)24/h3-14,23H,15-17H2,1-2H3,(H,26,28)/t23-/m1/s1. The third-order valence-corrected chi connectivity index (χ3v) is 8.47. The Kier molecular flexibility index (Phi) is 6.95. The summed E-state index contributed by atoms with van der Waals surface area (Å²) in [4.78, 5) is 13.9. The van der Waals surface area contributed by atoms with Crippen molar-refractivity contribution in [3.63, 3.8) is 0 Å². The fourth-order valence-electron chi connectivity index (χ4n) is 3.64. The zero-order valence-corrected chi connectivity index (χ0v) is 20.2. The van der Waals surface area contributed by atoms with Gasteiger partial charge >= 0.3 is 0 Å². The van der Waals surface area contributed by atoms with Crippen LogP contribution in [-0.2, 0) is 14.8 Å². The van der Waals surface area contributed by atoms with E-state index in [4.69, 9.17) is 4.74 Å². The van der Waals surface area contributed by atoms with E-state index in [0.717, 1.165) is 23.3 Å². The van der Waals surface area contributed by atoms with E-state index in [1.165, 1.54) is 16.2 Å². The first-order valence-corrected chi connectivity index (χ1v) is 13.1. The van der Waals surface area contributed by atoms with Crippen LogP contribution in [0.5, 0.6) is 5.75 Å². The van der Waals surface area contributed by atoms with Crippen LogP contribution in [0.4, 0.5) is 5.69 Å². The van der Waals surface area contributed by atoms with Gasteiger partial charge in [-0.1, -0.05) is 35.9 Å². The van der Waals surface area contributed by atoms with Gasteiger partial charge in [0.1, 0.15) is 5.75 Å². The Hall–Kier alpha value is -2.97. The van der Waals surface area contributed by atoms with Crippen LogP contribution >= 0.6 is 11.8 Å². The summed E-state index contributed by atoms with van der Waals surface area (Å²) in [7, 11) is -2.15. The van der Waals surface area contributed by atoms with E-state index in [1.807, 2.05) is 25.1 Å². The summed E-state index contributed by atoms with van der Waals surface area (Å²) in [6.07, 6.45) is 0.879. The molecule has 1 atom stereocenters. The van der Waals surface area contributed by atoms with Crippen LogP contribution in [0.1, 0.15) is 23.6 Å². The number of carbonyl (C=O) groups excluding carboxylic acids is 1. The molecule has 1 amide bonds. The summed E-state index contributed by atoms with van der Waals surface area (Å²) >= 11 is 1.80. The van der Waals surface area contributed by atoms with Gasteiger partial charge in [0, 0.05) is 17.7 Å². The molecular weight excluding hydrogens is 456 g/mol. The van der Waals surface area contributed by atoms with Crippen LogP contribution in [0, 0.1) is 6.92 Å². The molecule has 6 nitrogen and oxygen atoms in total.